The molecule has 1 saturated heterocycles. The number of rotatable bonds is 6. The maximum Gasteiger partial charge on any atom is 0.241 e. The zero-order valence-corrected chi connectivity index (χ0v) is 15.8. The minimum absolute atomic E-state index is 0.302. The SMILES string of the molecule is CNCc1ccc(S(=O)(=O)NCC2CSCCS2)c(Br)c1. The number of halogens is 1. The molecule has 1 aromatic rings. The molecule has 1 aliphatic heterocycles. The van der Waals surface area contributed by atoms with E-state index in [1.54, 1.807) is 6.07 Å². The molecule has 1 aliphatic rings. The summed E-state index contributed by atoms with van der Waals surface area (Å²) >= 11 is 7.10. The lowest BCUT2D eigenvalue weighted by Crippen LogP contribution is -2.33. The molecule has 1 unspecified atom stereocenters. The normalized spacial score (nSPS) is 19.6. The molecular weight excluding hydrogens is 392 g/mol. The summed E-state index contributed by atoms with van der Waals surface area (Å²) in [5.41, 5.74) is 1.04. The van der Waals surface area contributed by atoms with Crippen LogP contribution in [0, 0.1) is 0 Å². The summed E-state index contributed by atoms with van der Waals surface area (Å²) in [4.78, 5) is 0.302. The lowest BCUT2D eigenvalue weighted by Gasteiger charge is -2.21. The van der Waals surface area contributed by atoms with E-state index in [9.17, 15) is 8.42 Å². The third kappa shape index (κ3) is 5.14. The van der Waals surface area contributed by atoms with Crippen LogP contribution in [0.4, 0.5) is 0 Å². The fraction of sp³-hybridized carbons (Fsp3) is 0.538. The van der Waals surface area contributed by atoms with Gasteiger partial charge in [-0.05, 0) is 40.7 Å². The number of sulfonamides is 1. The summed E-state index contributed by atoms with van der Waals surface area (Å²) in [5.74, 6) is 3.27. The summed E-state index contributed by atoms with van der Waals surface area (Å²) < 4.78 is 28.1. The van der Waals surface area contributed by atoms with Crippen molar-refractivity contribution in [2.45, 2.75) is 16.7 Å². The average Bonchev–Trinajstić information content (AvgIpc) is 2.46. The summed E-state index contributed by atoms with van der Waals surface area (Å²) in [6.07, 6.45) is 0. The first-order valence-corrected chi connectivity index (χ1v) is 11.1. The van der Waals surface area contributed by atoms with Gasteiger partial charge in [-0.3, -0.25) is 0 Å². The minimum atomic E-state index is -3.46. The highest BCUT2D eigenvalue weighted by Crippen LogP contribution is 2.26. The molecule has 1 aromatic carbocycles. The van der Waals surface area contributed by atoms with Crippen molar-refractivity contribution < 1.29 is 8.42 Å². The van der Waals surface area contributed by atoms with Crippen LogP contribution < -0.4 is 10.0 Å². The highest BCUT2D eigenvalue weighted by molar-refractivity contribution is 9.10. The van der Waals surface area contributed by atoms with Crippen molar-refractivity contribution >= 4 is 49.5 Å². The molecule has 1 heterocycles. The van der Waals surface area contributed by atoms with E-state index in [0.717, 1.165) is 22.8 Å². The van der Waals surface area contributed by atoms with Crippen LogP contribution >= 0.6 is 39.5 Å². The van der Waals surface area contributed by atoms with Crippen LogP contribution in [0.25, 0.3) is 0 Å². The van der Waals surface area contributed by atoms with Gasteiger partial charge in [0.15, 0.2) is 0 Å². The molecule has 0 amide bonds. The summed E-state index contributed by atoms with van der Waals surface area (Å²) in [6, 6.07) is 5.33. The van der Waals surface area contributed by atoms with Gasteiger partial charge in [0.25, 0.3) is 0 Å². The van der Waals surface area contributed by atoms with Crippen molar-refractivity contribution in [2.75, 3.05) is 30.9 Å². The van der Waals surface area contributed by atoms with Crippen molar-refractivity contribution in [1.29, 1.82) is 0 Å². The second-order valence-corrected chi connectivity index (χ2v) is 9.86. The van der Waals surface area contributed by atoms with Crippen LogP contribution in [0.15, 0.2) is 27.6 Å². The van der Waals surface area contributed by atoms with Gasteiger partial charge >= 0.3 is 0 Å². The number of benzene rings is 1. The molecule has 8 heteroatoms. The number of hydrogen-bond acceptors (Lipinski definition) is 5. The largest absolute Gasteiger partial charge is 0.316 e. The first-order valence-electron chi connectivity index (χ1n) is 6.65. The quantitative estimate of drug-likeness (QED) is 0.753. The molecule has 2 rings (SSSR count). The first-order chi connectivity index (χ1) is 10.0. The molecule has 21 heavy (non-hydrogen) atoms. The van der Waals surface area contributed by atoms with Crippen LogP contribution in [0.3, 0.4) is 0 Å². The van der Waals surface area contributed by atoms with Gasteiger partial charge in [0, 0.05) is 40.1 Å². The fourth-order valence-corrected chi connectivity index (χ4v) is 6.93. The Morgan fingerprint density at radius 3 is 2.81 bits per heavy atom. The predicted octanol–water partition coefficient (Wildman–Crippen LogP) is 2.30. The zero-order chi connectivity index (χ0) is 15.3. The van der Waals surface area contributed by atoms with Crippen LogP contribution in [0.1, 0.15) is 5.56 Å². The van der Waals surface area contributed by atoms with Gasteiger partial charge < -0.3 is 5.32 Å². The molecule has 1 atom stereocenters. The molecular formula is C13H19BrN2O2S3. The Morgan fingerprint density at radius 2 is 2.19 bits per heavy atom. The van der Waals surface area contributed by atoms with Gasteiger partial charge in [0.1, 0.15) is 0 Å². The molecule has 0 saturated carbocycles. The predicted molar refractivity (Wildman–Crippen MR) is 95.7 cm³/mol. The van der Waals surface area contributed by atoms with E-state index in [1.165, 1.54) is 0 Å². The van der Waals surface area contributed by atoms with E-state index in [-0.39, 0.29) is 0 Å². The van der Waals surface area contributed by atoms with Crippen molar-refractivity contribution in [3.8, 4) is 0 Å². The second-order valence-electron chi connectivity index (χ2n) is 4.71. The number of thioether (sulfide) groups is 2. The molecule has 0 spiro atoms. The molecule has 0 radical (unpaired) electrons. The topological polar surface area (TPSA) is 58.2 Å². The molecule has 0 aliphatic carbocycles. The Labute approximate surface area is 143 Å². The average molecular weight is 411 g/mol. The maximum absolute atomic E-state index is 12.4. The van der Waals surface area contributed by atoms with Crippen molar-refractivity contribution in [3.63, 3.8) is 0 Å². The van der Waals surface area contributed by atoms with Gasteiger partial charge in [0.05, 0.1) is 4.90 Å². The van der Waals surface area contributed by atoms with Gasteiger partial charge in [0.2, 0.25) is 10.0 Å². The summed E-state index contributed by atoms with van der Waals surface area (Å²) in [5, 5.41) is 3.41. The van der Waals surface area contributed by atoms with Crippen LogP contribution in [0.5, 0.6) is 0 Å². The minimum Gasteiger partial charge on any atom is -0.316 e. The monoisotopic (exact) mass is 410 g/mol. The van der Waals surface area contributed by atoms with Gasteiger partial charge in [-0.1, -0.05) is 6.07 Å². The summed E-state index contributed by atoms with van der Waals surface area (Å²) in [6.45, 7) is 1.20. The van der Waals surface area contributed by atoms with Crippen molar-refractivity contribution in [1.82, 2.24) is 10.0 Å². The highest BCUT2D eigenvalue weighted by atomic mass is 79.9. The van der Waals surface area contributed by atoms with Gasteiger partial charge in [-0.2, -0.15) is 23.5 Å². The lowest BCUT2D eigenvalue weighted by atomic mass is 10.2. The molecule has 1 fully saturated rings. The third-order valence-electron chi connectivity index (χ3n) is 3.05. The smallest absolute Gasteiger partial charge is 0.241 e. The van der Waals surface area contributed by atoms with Crippen molar-refractivity contribution in [2.24, 2.45) is 0 Å². The van der Waals surface area contributed by atoms with Gasteiger partial charge in [-0.15, -0.1) is 0 Å². The van der Waals surface area contributed by atoms with Crippen molar-refractivity contribution in [3.05, 3.63) is 28.2 Å². The number of hydrogen-bond donors (Lipinski definition) is 2. The Balaban J connectivity index is 2.04. The van der Waals surface area contributed by atoms with Crippen LogP contribution in [0.2, 0.25) is 0 Å². The molecule has 0 bridgehead atoms. The Morgan fingerprint density at radius 1 is 1.38 bits per heavy atom. The second kappa shape index (κ2) is 8.21. The molecule has 4 nitrogen and oxygen atoms in total. The van der Waals surface area contributed by atoms with Crippen LogP contribution in [-0.4, -0.2) is 44.5 Å². The van der Waals surface area contributed by atoms with E-state index in [2.05, 4.69) is 26.0 Å². The first kappa shape index (κ1) is 17.6. The summed E-state index contributed by atoms with van der Waals surface area (Å²) in [7, 11) is -1.60. The lowest BCUT2D eigenvalue weighted by molar-refractivity contribution is 0.581. The standard InChI is InChI=1S/C13H19BrN2O2S3/c1-15-7-10-2-3-13(12(14)6-10)21(17,18)16-8-11-9-19-4-5-20-11/h2-3,6,11,15-16H,4-5,7-9H2,1H3. The van der Waals surface area contributed by atoms with E-state index < -0.39 is 10.0 Å². The number of nitrogens with one attached hydrogen (secondary N) is 2. The Kier molecular flexibility index (Phi) is 6.89. The molecule has 118 valence electrons. The Hall–Kier alpha value is 0.270. The van der Waals surface area contributed by atoms with E-state index in [0.29, 0.717) is 27.7 Å². The van der Waals surface area contributed by atoms with Crippen LogP contribution in [-0.2, 0) is 16.6 Å². The molecule has 0 aromatic heterocycles. The fourth-order valence-electron chi connectivity index (χ4n) is 2.01. The van der Waals surface area contributed by atoms with E-state index in [1.807, 2.05) is 42.7 Å². The zero-order valence-electron chi connectivity index (χ0n) is 11.8. The highest BCUT2D eigenvalue weighted by Gasteiger charge is 2.21. The third-order valence-corrected chi connectivity index (χ3v) is 8.30. The van der Waals surface area contributed by atoms with E-state index in [4.69, 9.17) is 0 Å². The van der Waals surface area contributed by atoms with Gasteiger partial charge in [-0.25, -0.2) is 13.1 Å². The maximum atomic E-state index is 12.4. The molecule has 2 N–H and O–H groups in total. The van der Waals surface area contributed by atoms with E-state index >= 15 is 0 Å². The Bertz CT molecular complexity index is 575.